The van der Waals surface area contributed by atoms with Gasteiger partial charge in [-0.1, -0.05) is 60.7 Å². The van der Waals surface area contributed by atoms with Crippen molar-refractivity contribution in [2.24, 2.45) is 0 Å². The van der Waals surface area contributed by atoms with Crippen molar-refractivity contribution in [2.75, 3.05) is 6.61 Å². The number of carbonyl (C=O) groups excluding carboxylic acids is 1. The summed E-state index contributed by atoms with van der Waals surface area (Å²) in [6, 6.07) is 19.3. The van der Waals surface area contributed by atoms with Crippen LogP contribution in [0, 0.1) is 0 Å². The van der Waals surface area contributed by atoms with Crippen LogP contribution in [0.3, 0.4) is 0 Å². The van der Waals surface area contributed by atoms with E-state index in [0.717, 1.165) is 11.1 Å². The van der Waals surface area contributed by atoms with Crippen molar-refractivity contribution in [3.8, 4) is 22.6 Å². The Bertz CT molecular complexity index is 722. The summed E-state index contributed by atoms with van der Waals surface area (Å²) in [4.78, 5) is 16.6. The Balaban J connectivity index is 2.06. The van der Waals surface area contributed by atoms with Crippen LogP contribution in [0.15, 0.2) is 65.1 Å². The van der Waals surface area contributed by atoms with Crippen molar-refractivity contribution in [1.29, 1.82) is 0 Å². The second kappa shape index (κ2) is 7.03. The first kappa shape index (κ1) is 15.2. The quantitative estimate of drug-likeness (QED) is 0.700. The Kier molecular flexibility index (Phi) is 4.64. The lowest BCUT2D eigenvalue weighted by molar-refractivity contribution is 0.0938. The van der Waals surface area contributed by atoms with Gasteiger partial charge in [-0.15, -0.1) is 0 Å². The molecule has 3 rings (SSSR count). The number of aliphatic hydroxyl groups excluding tert-OH is 1. The predicted octanol–water partition coefficient (Wildman–Crippen LogP) is 3.96. The predicted molar refractivity (Wildman–Crippen MR) is 88.0 cm³/mol. The summed E-state index contributed by atoms with van der Waals surface area (Å²) in [5.74, 6) is 0.485. The van der Waals surface area contributed by atoms with Gasteiger partial charge in [0, 0.05) is 24.2 Å². The van der Waals surface area contributed by atoms with E-state index in [4.69, 9.17) is 9.52 Å². The highest BCUT2D eigenvalue weighted by atomic mass is 16.4. The molecule has 0 spiro atoms. The Morgan fingerprint density at radius 3 is 2.17 bits per heavy atom. The van der Waals surface area contributed by atoms with Gasteiger partial charge >= 0.3 is 0 Å². The first-order valence-corrected chi connectivity index (χ1v) is 7.55. The molecule has 0 atom stereocenters. The van der Waals surface area contributed by atoms with Gasteiger partial charge in [0.05, 0.1) is 0 Å². The number of hydrogen-bond donors (Lipinski definition) is 1. The summed E-state index contributed by atoms with van der Waals surface area (Å²) in [6.45, 7) is -0.0243. The molecule has 1 aromatic heterocycles. The molecular formula is C19H17NO3. The van der Waals surface area contributed by atoms with Crippen LogP contribution in [0.1, 0.15) is 23.5 Å². The largest absolute Gasteiger partial charge is 0.433 e. The number of hydrogen-bond acceptors (Lipinski definition) is 4. The van der Waals surface area contributed by atoms with Crippen LogP contribution in [0.25, 0.3) is 22.6 Å². The number of ketones is 1. The number of oxazole rings is 1. The Morgan fingerprint density at radius 2 is 1.57 bits per heavy atom. The number of Topliss-reactive ketones (excluding diaryl/α,β-unsaturated/α-hetero) is 1. The highest BCUT2D eigenvalue weighted by Crippen LogP contribution is 2.32. The first-order valence-electron chi connectivity index (χ1n) is 7.55. The number of carbonyl (C=O) groups is 1. The SMILES string of the molecule is O=C(CCCO)c1nc(-c2ccccc2)c(-c2ccccc2)o1. The molecule has 0 fully saturated rings. The number of aromatic nitrogens is 1. The summed E-state index contributed by atoms with van der Waals surface area (Å²) < 4.78 is 5.77. The average Bonchev–Trinajstić information content (AvgIpc) is 3.06. The zero-order valence-electron chi connectivity index (χ0n) is 12.6. The standard InChI is InChI=1S/C19H17NO3/c21-13-7-12-16(22)19-20-17(14-8-3-1-4-9-14)18(23-19)15-10-5-2-6-11-15/h1-6,8-11,21H,7,12-13H2. The van der Waals surface area contributed by atoms with Gasteiger partial charge in [-0.2, -0.15) is 0 Å². The second-order valence-corrected chi connectivity index (χ2v) is 5.18. The summed E-state index contributed by atoms with van der Waals surface area (Å²) in [5, 5.41) is 8.87. The van der Waals surface area contributed by atoms with Crippen molar-refractivity contribution >= 4 is 5.78 Å². The summed E-state index contributed by atoms with van der Waals surface area (Å²) in [6.07, 6.45) is 0.627. The van der Waals surface area contributed by atoms with E-state index in [-0.39, 0.29) is 24.7 Å². The van der Waals surface area contributed by atoms with Crippen LogP contribution in [0.2, 0.25) is 0 Å². The third-order valence-corrected chi connectivity index (χ3v) is 3.51. The van der Waals surface area contributed by atoms with E-state index in [0.29, 0.717) is 17.9 Å². The smallest absolute Gasteiger partial charge is 0.264 e. The molecule has 1 N–H and O–H groups in total. The fourth-order valence-corrected chi connectivity index (χ4v) is 2.36. The van der Waals surface area contributed by atoms with Gasteiger partial charge in [0.2, 0.25) is 5.78 Å². The van der Waals surface area contributed by atoms with Crippen LogP contribution in [0.5, 0.6) is 0 Å². The van der Waals surface area contributed by atoms with Crippen molar-refractivity contribution in [3.63, 3.8) is 0 Å². The van der Waals surface area contributed by atoms with E-state index in [9.17, 15) is 4.79 Å². The lowest BCUT2D eigenvalue weighted by Crippen LogP contribution is -2.00. The van der Waals surface area contributed by atoms with Crippen LogP contribution >= 0.6 is 0 Å². The van der Waals surface area contributed by atoms with E-state index in [1.807, 2.05) is 60.7 Å². The third-order valence-electron chi connectivity index (χ3n) is 3.51. The second-order valence-electron chi connectivity index (χ2n) is 5.18. The summed E-state index contributed by atoms with van der Waals surface area (Å²) >= 11 is 0. The average molecular weight is 307 g/mol. The van der Waals surface area contributed by atoms with Gasteiger partial charge in [-0.25, -0.2) is 4.98 Å². The van der Waals surface area contributed by atoms with E-state index >= 15 is 0 Å². The minimum Gasteiger partial charge on any atom is -0.433 e. The van der Waals surface area contributed by atoms with Crippen LogP contribution in [0.4, 0.5) is 0 Å². The van der Waals surface area contributed by atoms with Crippen LogP contribution < -0.4 is 0 Å². The Morgan fingerprint density at radius 1 is 0.957 bits per heavy atom. The minimum absolute atomic E-state index is 0.0243. The molecule has 0 unspecified atom stereocenters. The highest BCUT2D eigenvalue weighted by molar-refractivity contribution is 5.93. The van der Waals surface area contributed by atoms with Gasteiger partial charge in [-0.05, 0) is 6.42 Å². The lowest BCUT2D eigenvalue weighted by Gasteiger charge is -2.00. The fourth-order valence-electron chi connectivity index (χ4n) is 2.36. The normalized spacial score (nSPS) is 10.7. The van der Waals surface area contributed by atoms with Crippen LogP contribution in [-0.4, -0.2) is 22.5 Å². The molecule has 4 nitrogen and oxygen atoms in total. The monoisotopic (exact) mass is 307 g/mol. The zero-order chi connectivity index (χ0) is 16.1. The fraction of sp³-hybridized carbons (Fsp3) is 0.158. The number of rotatable bonds is 6. The van der Waals surface area contributed by atoms with E-state index in [1.54, 1.807) is 0 Å². The summed E-state index contributed by atoms with van der Waals surface area (Å²) in [5.41, 5.74) is 2.43. The molecule has 0 bridgehead atoms. The van der Waals surface area contributed by atoms with Gasteiger partial charge in [0.25, 0.3) is 5.89 Å². The molecule has 116 valence electrons. The maximum absolute atomic E-state index is 12.2. The van der Waals surface area contributed by atoms with Gasteiger partial charge in [0.15, 0.2) is 5.76 Å². The Labute approximate surface area is 134 Å². The van der Waals surface area contributed by atoms with Gasteiger partial charge in [0.1, 0.15) is 5.69 Å². The molecule has 0 saturated heterocycles. The van der Waals surface area contributed by atoms with Gasteiger partial charge in [-0.3, -0.25) is 4.79 Å². The van der Waals surface area contributed by atoms with Crippen molar-refractivity contribution in [3.05, 3.63) is 66.6 Å². The van der Waals surface area contributed by atoms with E-state index in [1.165, 1.54) is 0 Å². The molecule has 4 heteroatoms. The molecule has 2 aromatic carbocycles. The molecule has 23 heavy (non-hydrogen) atoms. The first-order chi connectivity index (χ1) is 11.3. The molecule has 3 aromatic rings. The molecule has 1 heterocycles. The van der Waals surface area contributed by atoms with Crippen molar-refractivity contribution < 1.29 is 14.3 Å². The Hall–Kier alpha value is -2.72. The van der Waals surface area contributed by atoms with Gasteiger partial charge < -0.3 is 9.52 Å². The molecule has 0 aliphatic carbocycles. The maximum atomic E-state index is 12.2. The number of nitrogens with zero attached hydrogens (tertiary/aromatic N) is 1. The number of aliphatic hydroxyl groups is 1. The van der Waals surface area contributed by atoms with Crippen LogP contribution in [-0.2, 0) is 0 Å². The molecule has 0 radical (unpaired) electrons. The highest BCUT2D eigenvalue weighted by Gasteiger charge is 2.20. The maximum Gasteiger partial charge on any atom is 0.264 e. The van der Waals surface area contributed by atoms with Crippen molar-refractivity contribution in [2.45, 2.75) is 12.8 Å². The lowest BCUT2D eigenvalue weighted by atomic mass is 10.1. The summed E-state index contributed by atoms with van der Waals surface area (Å²) in [7, 11) is 0. The zero-order valence-corrected chi connectivity index (χ0v) is 12.6. The molecule has 0 aliphatic heterocycles. The molecule has 0 aliphatic rings. The topological polar surface area (TPSA) is 63.3 Å². The van der Waals surface area contributed by atoms with Crippen molar-refractivity contribution in [1.82, 2.24) is 4.98 Å². The minimum atomic E-state index is -0.196. The van der Waals surface area contributed by atoms with E-state index < -0.39 is 0 Å². The number of benzene rings is 2. The third kappa shape index (κ3) is 3.38. The molecule has 0 amide bonds. The van der Waals surface area contributed by atoms with E-state index in [2.05, 4.69) is 4.98 Å². The molecule has 0 saturated carbocycles. The molecular weight excluding hydrogens is 290 g/mol.